The Kier molecular flexibility index (Phi) is 16.5. The van der Waals surface area contributed by atoms with E-state index in [4.69, 9.17) is 14.2 Å². The topological polar surface area (TPSA) is 82.1 Å². The van der Waals surface area contributed by atoms with E-state index in [0.29, 0.717) is 47.0 Å². The van der Waals surface area contributed by atoms with Crippen LogP contribution in [0, 0.1) is 23.3 Å². The molecule has 0 saturated heterocycles. The maximum absolute atomic E-state index is 14.5. The summed E-state index contributed by atoms with van der Waals surface area (Å²) in [7, 11) is 0. The molecule has 0 atom stereocenters. The Morgan fingerprint density at radius 1 is 0.621 bits per heavy atom. The number of hydrogen-bond acceptors (Lipinski definition) is 5. The van der Waals surface area contributed by atoms with Crippen molar-refractivity contribution in [3.05, 3.63) is 143 Å². The minimum Gasteiger partial charge on any atom is -0.494 e. The van der Waals surface area contributed by atoms with Crippen LogP contribution in [-0.4, -0.2) is 36.4 Å². The number of carbonyl (C=O) groups is 2. The molecule has 0 unspecified atom stereocenters. The highest BCUT2D eigenvalue weighted by molar-refractivity contribution is 5.92. The summed E-state index contributed by atoms with van der Waals surface area (Å²) in [5, 5.41) is 9.54. The van der Waals surface area contributed by atoms with Crippen LogP contribution in [0.15, 0.2) is 103 Å². The van der Waals surface area contributed by atoms with Crippen molar-refractivity contribution in [2.24, 2.45) is 0 Å². The summed E-state index contributed by atoms with van der Waals surface area (Å²) in [6.07, 6.45) is 10.8. The second kappa shape index (κ2) is 21.9. The molecule has 1 saturated carbocycles. The molecule has 6 nitrogen and oxygen atoms in total. The second-order valence-electron chi connectivity index (χ2n) is 14.3. The highest BCUT2D eigenvalue weighted by Gasteiger charge is 2.26. The Labute approximate surface area is 337 Å². The summed E-state index contributed by atoms with van der Waals surface area (Å²) in [5.41, 5.74) is 2.83. The smallest absolute Gasteiger partial charge is 0.346 e. The van der Waals surface area contributed by atoms with Gasteiger partial charge < -0.3 is 19.3 Å². The monoisotopic (exact) mass is 798 g/mol. The van der Waals surface area contributed by atoms with E-state index in [0.717, 1.165) is 44.6 Å². The van der Waals surface area contributed by atoms with Crippen molar-refractivity contribution in [3.63, 3.8) is 0 Å². The number of unbranched alkanes of at least 4 members (excludes halogenated alkanes) is 5. The minimum absolute atomic E-state index is 0.0984. The van der Waals surface area contributed by atoms with E-state index in [2.05, 4.69) is 6.92 Å². The molecule has 0 aliphatic heterocycles. The number of carboxylic acids is 1. The van der Waals surface area contributed by atoms with Crippen LogP contribution in [0.1, 0.15) is 110 Å². The molecule has 5 aromatic rings. The number of aromatic carboxylic acids is 1. The molecule has 6 rings (SSSR count). The van der Waals surface area contributed by atoms with E-state index < -0.39 is 29.4 Å². The first-order valence-electron chi connectivity index (χ1n) is 20.0. The minimum atomic E-state index is -0.988. The number of benzene rings is 5. The normalized spacial score (nSPS) is 14.9. The van der Waals surface area contributed by atoms with Gasteiger partial charge in [0.1, 0.15) is 34.8 Å². The van der Waals surface area contributed by atoms with Crippen LogP contribution in [-0.2, 0) is 4.74 Å². The van der Waals surface area contributed by atoms with Crippen LogP contribution in [0.5, 0.6) is 11.5 Å². The lowest BCUT2D eigenvalue weighted by atomic mass is 9.80. The van der Waals surface area contributed by atoms with Gasteiger partial charge in [-0.05, 0) is 140 Å². The van der Waals surface area contributed by atoms with Gasteiger partial charge in [0.15, 0.2) is 0 Å². The third-order valence-corrected chi connectivity index (χ3v) is 10.2. The molecule has 0 radical (unpaired) electrons. The number of ether oxygens (including phenoxy) is 3. The maximum atomic E-state index is 14.5. The molecule has 1 aliphatic rings. The van der Waals surface area contributed by atoms with Gasteiger partial charge in [-0.15, -0.1) is 0 Å². The molecule has 1 fully saturated rings. The Hall–Kier alpha value is -5.48. The van der Waals surface area contributed by atoms with Gasteiger partial charge in [-0.2, -0.15) is 0 Å². The van der Waals surface area contributed by atoms with E-state index in [-0.39, 0.29) is 34.5 Å². The van der Waals surface area contributed by atoms with Gasteiger partial charge in [-0.25, -0.2) is 27.2 Å². The number of rotatable bonds is 16. The van der Waals surface area contributed by atoms with Gasteiger partial charge in [-0.1, -0.05) is 63.3 Å². The maximum Gasteiger partial charge on any atom is 0.346 e. The van der Waals surface area contributed by atoms with Crippen LogP contribution >= 0.6 is 0 Å². The van der Waals surface area contributed by atoms with Crippen LogP contribution in [0.4, 0.5) is 17.6 Å². The van der Waals surface area contributed by atoms with Gasteiger partial charge in [0.25, 0.3) is 0 Å². The molecule has 5 aromatic carbocycles. The zero-order valence-electron chi connectivity index (χ0n) is 33.0. The third-order valence-electron chi connectivity index (χ3n) is 10.2. The lowest BCUT2D eigenvalue weighted by Gasteiger charge is -2.29. The molecule has 0 bridgehead atoms. The van der Waals surface area contributed by atoms with Crippen molar-refractivity contribution in [1.82, 2.24) is 0 Å². The van der Waals surface area contributed by atoms with E-state index in [1.54, 1.807) is 54.6 Å². The molecule has 1 N–H and O–H groups in total. The standard InChI is InChI=1S/C27H28F2O3.C21H22F2O3/c1-2-3-4-5-6-7-18-31-23-13-15-24(16-14-23)32-27(30)25-17-10-21(19-26(25)29)20-8-11-22(28)12-9-20;1-2-26-16-7-3-13(4-8-16)19-11-14(5-9-18(19)21(24)25)17-10-6-15(22)12-20(17)23/h8-17,19H,2-7,18H2,1H3;5-6,9-13,16H,2-4,7-8H2,1H3,(H,24,25). The molecule has 1 aliphatic carbocycles. The van der Waals surface area contributed by atoms with E-state index in [9.17, 15) is 32.3 Å². The highest BCUT2D eigenvalue weighted by Crippen LogP contribution is 2.38. The largest absolute Gasteiger partial charge is 0.494 e. The lowest BCUT2D eigenvalue weighted by Crippen LogP contribution is -2.21. The van der Waals surface area contributed by atoms with E-state index >= 15 is 0 Å². The highest BCUT2D eigenvalue weighted by atomic mass is 19.1. The number of esters is 1. The predicted molar refractivity (Wildman–Crippen MR) is 217 cm³/mol. The Bertz CT molecular complexity index is 2090. The van der Waals surface area contributed by atoms with Crippen molar-refractivity contribution in [2.45, 2.75) is 90.1 Å². The Balaban J connectivity index is 0.000000226. The van der Waals surface area contributed by atoms with Gasteiger partial charge in [0, 0.05) is 18.2 Å². The fraction of sp³-hybridized carbons (Fsp3) is 0.333. The Morgan fingerprint density at radius 2 is 1.24 bits per heavy atom. The van der Waals surface area contributed by atoms with E-state index in [1.807, 2.05) is 6.92 Å². The molecule has 0 aromatic heterocycles. The summed E-state index contributed by atoms with van der Waals surface area (Å²) in [6, 6.07) is 24.9. The van der Waals surface area contributed by atoms with Crippen molar-refractivity contribution >= 4 is 11.9 Å². The summed E-state index contributed by atoms with van der Waals surface area (Å²) in [6.45, 7) is 5.49. The van der Waals surface area contributed by atoms with Crippen molar-refractivity contribution < 1.29 is 46.5 Å². The molecular formula is C48H50F4O6. The van der Waals surface area contributed by atoms with Crippen LogP contribution in [0.3, 0.4) is 0 Å². The number of hydrogen-bond donors (Lipinski definition) is 1. The van der Waals surface area contributed by atoms with Gasteiger partial charge in [0.2, 0.25) is 0 Å². The van der Waals surface area contributed by atoms with Gasteiger partial charge in [-0.3, -0.25) is 0 Å². The van der Waals surface area contributed by atoms with Gasteiger partial charge >= 0.3 is 11.9 Å². The molecule has 0 amide bonds. The molecule has 10 heteroatoms. The molecule has 306 valence electrons. The third kappa shape index (κ3) is 12.5. The number of carbonyl (C=O) groups excluding carboxylic acids is 1. The first kappa shape index (κ1) is 43.6. The second-order valence-corrected chi connectivity index (χ2v) is 14.3. The summed E-state index contributed by atoms with van der Waals surface area (Å²) < 4.78 is 71.6. The van der Waals surface area contributed by atoms with Crippen LogP contribution in [0.25, 0.3) is 22.3 Å². The SMILES string of the molecule is CCCCCCCCOc1ccc(OC(=O)c2ccc(-c3ccc(F)cc3)cc2F)cc1.CCOC1CCC(c2cc(-c3ccc(F)cc3F)ccc2C(=O)O)CC1. The zero-order valence-corrected chi connectivity index (χ0v) is 33.0. The summed E-state index contributed by atoms with van der Waals surface area (Å²) in [4.78, 5) is 24.0. The molecule has 0 heterocycles. The van der Waals surface area contributed by atoms with Crippen LogP contribution in [0.2, 0.25) is 0 Å². The average molecular weight is 799 g/mol. The molecule has 58 heavy (non-hydrogen) atoms. The lowest BCUT2D eigenvalue weighted by molar-refractivity contribution is 0.0327. The first-order valence-corrected chi connectivity index (χ1v) is 20.0. The average Bonchev–Trinajstić information content (AvgIpc) is 3.22. The number of carboxylic acid groups (broad SMARTS) is 1. The fourth-order valence-corrected chi connectivity index (χ4v) is 7.10. The zero-order chi connectivity index (χ0) is 41.4. The molecule has 0 spiro atoms. The number of halogens is 4. The fourth-order valence-electron chi connectivity index (χ4n) is 7.10. The molecular weight excluding hydrogens is 749 g/mol. The van der Waals surface area contributed by atoms with Crippen molar-refractivity contribution in [2.75, 3.05) is 13.2 Å². The van der Waals surface area contributed by atoms with Crippen molar-refractivity contribution in [1.29, 1.82) is 0 Å². The summed E-state index contributed by atoms with van der Waals surface area (Å²) >= 11 is 0. The van der Waals surface area contributed by atoms with Crippen molar-refractivity contribution in [3.8, 4) is 33.8 Å². The quantitative estimate of drug-likeness (QED) is 0.0463. The Morgan fingerprint density at radius 3 is 1.90 bits per heavy atom. The van der Waals surface area contributed by atoms with Crippen LogP contribution < -0.4 is 9.47 Å². The van der Waals surface area contributed by atoms with E-state index in [1.165, 1.54) is 68.1 Å². The predicted octanol–water partition coefficient (Wildman–Crippen LogP) is 13.0. The summed E-state index contributed by atoms with van der Waals surface area (Å²) in [5.74, 6) is -3.02. The van der Waals surface area contributed by atoms with Gasteiger partial charge in [0.05, 0.1) is 23.8 Å². The first-order chi connectivity index (χ1) is 28.1.